The van der Waals surface area contributed by atoms with Crippen molar-refractivity contribution >= 4 is 11.6 Å². The predicted molar refractivity (Wildman–Crippen MR) is 76.5 cm³/mol. The van der Waals surface area contributed by atoms with Crippen molar-refractivity contribution in [3.8, 4) is 0 Å². The highest BCUT2D eigenvalue weighted by atomic mass is 16.2. The molecule has 5 nitrogen and oxygen atoms in total. The van der Waals surface area contributed by atoms with Crippen molar-refractivity contribution in [3.63, 3.8) is 0 Å². The molecule has 19 heavy (non-hydrogen) atoms. The van der Waals surface area contributed by atoms with Crippen LogP contribution in [-0.2, 0) is 0 Å². The Balaban J connectivity index is 2.17. The maximum atomic E-state index is 12.5. The van der Waals surface area contributed by atoms with Gasteiger partial charge in [0.2, 0.25) is 0 Å². The highest BCUT2D eigenvalue weighted by molar-refractivity contribution is 5.93. The van der Waals surface area contributed by atoms with Crippen LogP contribution >= 0.6 is 0 Å². The molecule has 1 N–H and O–H groups in total. The highest BCUT2D eigenvalue weighted by Crippen LogP contribution is 2.16. The molecule has 1 amide bonds. The molecule has 104 valence electrons. The lowest BCUT2D eigenvalue weighted by atomic mass is 10.0. The summed E-state index contributed by atoms with van der Waals surface area (Å²) in [4.78, 5) is 20.5. The third-order valence-electron chi connectivity index (χ3n) is 3.34. The Morgan fingerprint density at radius 1 is 1.47 bits per heavy atom. The Bertz CT molecular complexity index is 470. The molecule has 1 aromatic rings. The summed E-state index contributed by atoms with van der Waals surface area (Å²) in [6.45, 7) is 6.48. The minimum atomic E-state index is -0.0347. The maximum absolute atomic E-state index is 12.5. The summed E-state index contributed by atoms with van der Waals surface area (Å²) in [6, 6.07) is 3.75. The summed E-state index contributed by atoms with van der Waals surface area (Å²) in [7, 11) is 3.91. The first-order valence-electron chi connectivity index (χ1n) is 6.57. The van der Waals surface area contributed by atoms with Crippen molar-refractivity contribution in [1.82, 2.24) is 15.2 Å². The quantitative estimate of drug-likeness (QED) is 0.863. The minimum absolute atomic E-state index is 0.0123. The molecular formula is C14H22N4O. The van der Waals surface area contributed by atoms with Gasteiger partial charge in [-0.05, 0) is 26.0 Å². The van der Waals surface area contributed by atoms with E-state index in [2.05, 4.69) is 24.1 Å². The lowest BCUT2D eigenvalue weighted by Gasteiger charge is -2.39. The van der Waals surface area contributed by atoms with E-state index in [1.54, 1.807) is 6.20 Å². The monoisotopic (exact) mass is 262 g/mol. The van der Waals surface area contributed by atoms with E-state index in [1.165, 1.54) is 0 Å². The molecule has 0 bridgehead atoms. The van der Waals surface area contributed by atoms with E-state index >= 15 is 0 Å². The largest absolute Gasteiger partial charge is 0.378 e. The van der Waals surface area contributed by atoms with E-state index in [1.807, 2.05) is 36.0 Å². The fourth-order valence-electron chi connectivity index (χ4n) is 2.29. The van der Waals surface area contributed by atoms with Crippen molar-refractivity contribution in [2.24, 2.45) is 0 Å². The second kappa shape index (κ2) is 5.17. The number of aromatic nitrogens is 1. The van der Waals surface area contributed by atoms with Gasteiger partial charge >= 0.3 is 0 Å². The Hall–Kier alpha value is -1.62. The first-order valence-corrected chi connectivity index (χ1v) is 6.57. The number of hydrogen-bond acceptors (Lipinski definition) is 4. The van der Waals surface area contributed by atoms with Crippen LogP contribution in [0.25, 0.3) is 0 Å². The normalized spacial score (nSPS) is 18.2. The van der Waals surface area contributed by atoms with Gasteiger partial charge in [-0.15, -0.1) is 0 Å². The molecule has 1 aliphatic rings. The van der Waals surface area contributed by atoms with Gasteiger partial charge in [0.25, 0.3) is 5.91 Å². The molecule has 2 rings (SSSR count). The lowest BCUT2D eigenvalue weighted by Crippen LogP contribution is -2.58. The number of anilines is 1. The van der Waals surface area contributed by atoms with Crippen molar-refractivity contribution in [2.75, 3.05) is 38.6 Å². The molecule has 5 heteroatoms. The number of piperazine rings is 1. The van der Waals surface area contributed by atoms with Gasteiger partial charge in [0.1, 0.15) is 5.69 Å². The average Bonchev–Trinajstić information content (AvgIpc) is 2.37. The Morgan fingerprint density at radius 3 is 2.84 bits per heavy atom. The molecule has 0 unspecified atom stereocenters. The second-order valence-corrected chi connectivity index (χ2v) is 5.83. The Labute approximate surface area is 114 Å². The number of nitrogens with zero attached hydrogens (tertiary/aromatic N) is 3. The van der Waals surface area contributed by atoms with Crippen LogP contribution in [0.1, 0.15) is 24.3 Å². The smallest absolute Gasteiger partial charge is 0.272 e. The fourth-order valence-corrected chi connectivity index (χ4v) is 2.29. The molecule has 1 fully saturated rings. The molecule has 0 radical (unpaired) electrons. The molecule has 1 aliphatic heterocycles. The van der Waals surface area contributed by atoms with Crippen molar-refractivity contribution in [1.29, 1.82) is 0 Å². The summed E-state index contributed by atoms with van der Waals surface area (Å²) in [5, 5.41) is 3.40. The molecule has 0 atom stereocenters. The zero-order valence-corrected chi connectivity index (χ0v) is 12.1. The van der Waals surface area contributed by atoms with Gasteiger partial charge in [-0.3, -0.25) is 9.78 Å². The maximum Gasteiger partial charge on any atom is 0.272 e. The van der Waals surface area contributed by atoms with E-state index in [4.69, 9.17) is 0 Å². The highest BCUT2D eigenvalue weighted by Gasteiger charge is 2.29. The van der Waals surface area contributed by atoms with Crippen LogP contribution in [0.2, 0.25) is 0 Å². The predicted octanol–water partition coefficient (Wildman–Crippen LogP) is 0.972. The number of amides is 1. The van der Waals surface area contributed by atoms with Crippen LogP contribution < -0.4 is 10.2 Å². The molecule has 0 aromatic carbocycles. The third-order valence-corrected chi connectivity index (χ3v) is 3.34. The van der Waals surface area contributed by atoms with Crippen LogP contribution in [0.3, 0.4) is 0 Å². The molecule has 2 heterocycles. The zero-order chi connectivity index (χ0) is 14.0. The standard InChI is InChI=1S/C14H22N4O/c1-14(2)10-18(8-7-16-14)13(19)12-9-11(17(3)4)5-6-15-12/h5-6,9,16H,7-8,10H2,1-4H3. The van der Waals surface area contributed by atoms with Crippen LogP contribution in [0.4, 0.5) is 5.69 Å². The van der Waals surface area contributed by atoms with Gasteiger partial charge in [-0.1, -0.05) is 0 Å². The van der Waals surface area contributed by atoms with Gasteiger partial charge in [-0.2, -0.15) is 0 Å². The van der Waals surface area contributed by atoms with Gasteiger partial charge in [-0.25, -0.2) is 0 Å². The SMILES string of the molecule is CN(C)c1ccnc(C(=O)N2CCNC(C)(C)C2)c1. The topological polar surface area (TPSA) is 48.5 Å². The number of carbonyl (C=O) groups excluding carboxylic acids is 1. The number of carbonyl (C=O) groups is 1. The van der Waals surface area contributed by atoms with Crippen LogP contribution in [0, 0.1) is 0 Å². The van der Waals surface area contributed by atoms with Gasteiger partial charge in [0, 0.05) is 51.2 Å². The van der Waals surface area contributed by atoms with Crippen LogP contribution in [0.5, 0.6) is 0 Å². The van der Waals surface area contributed by atoms with Gasteiger partial charge < -0.3 is 15.1 Å². The minimum Gasteiger partial charge on any atom is -0.378 e. The van der Waals surface area contributed by atoms with Gasteiger partial charge in [0.05, 0.1) is 0 Å². The summed E-state index contributed by atoms with van der Waals surface area (Å²) < 4.78 is 0. The molecule has 0 saturated carbocycles. The number of hydrogen-bond donors (Lipinski definition) is 1. The molecular weight excluding hydrogens is 240 g/mol. The average molecular weight is 262 g/mol. The van der Waals surface area contributed by atoms with Crippen molar-refractivity contribution in [2.45, 2.75) is 19.4 Å². The van der Waals surface area contributed by atoms with Crippen LogP contribution in [0.15, 0.2) is 18.3 Å². The summed E-state index contributed by atoms with van der Waals surface area (Å²) in [5.41, 5.74) is 1.48. The van der Waals surface area contributed by atoms with E-state index in [0.717, 1.165) is 18.8 Å². The third kappa shape index (κ3) is 3.23. The van der Waals surface area contributed by atoms with Crippen LogP contribution in [-0.4, -0.2) is 55.1 Å². The van der Waals surface area contributed by atoms with E-state index in [9.17, 15) is 4.79 Å². The Kier molecular flexibility index (Phi) is 3.75. The van der Waals surface area contributed by atoms with E-state index in [0.29, 0.717) is 12.2 Å². The summed E-state index contributed by atoms with van der Waals surface area (Å²) in [5.74, 6) is 0.0123. The van der Waals surface area contributed by atoms with Gasteiger partial charge in [0.15, 0.2) is 0 Å². The fraction of sp³-hybridized carbons (Fsp3) is 0.571. The molecule has 1 aromatic heterocycles. The summed E-state index contributed by atoms with van der Waals surface area (Å²) >= 11 is 0. The zero-order valence-electron chi connectivity index (χ0n) is 12.1. The van der Waals surface area contributed by atoms with E-state index in [-0.39, 0.29) is 11.4 Å². The number of rotatable bonds is 2. The Morgan fingerprint density at radius 2 is 2.21 bits per heavy atom. The molecule has 0 spiro atoms. The first kappa shape index (κ1) is 13.8. The number of pyridine rings is 1. The lowest BCUT2D eigenvalue weighted by molar-refractivity contribution is 0.0646. The van der Waals surface area contributed by atoms with Crippen molar-refractivity contribution < 1.29 is 4.79 Å². The first-order chi connectivity index (χ1) is 8.89. The second-order valence-electron chi connectivity index (χ2n) is 5.83. The van der Waals surface area contributed by atoms with Crippen molar-refractivity contribution in [3.05, 3.63) is 24.0 Å². The molecule has 0 aliphatic carbocycles. The number of nitrogens with one attached hydrogen (secondary N) is 1. The molecule has 1 saturated heterocycles. The summed E-state index contributed by atoms with van der Waals surface area (Å²) in [6.07, 6.45) is 1.69. The van der Waals surface area contributed by atoms with E-state index < -0.39 is 0 Å².